The topological polar surface area (TPSA) is 0 Å². The zero-order valence-corrected chi connectivity index (χ0v) is 5.57. The first kappa shape index (κ1) is 9.27. The van der Waals surface area contributed by atoms with Crippen LogP contribution < -0.4 is 12.4 Å². The van der Waals surface area contributed by atoms with Crippen LogP contribution in [0.4, 0.5) is 0 Å². The number of hydrogen-bond acceptors (Lipinski definition) is 0. The van der Waals surface area contributed by atoms with Gasteiger partial charge in [0.2, 0.25) is 0 Å². The van der Waals surface area contributed by atoms with E-state index in [2.05, 4.69) is 12.7 Å². The Bertz CT molecular complexity index is 8.85. The van der Waals surface area contributed by atoms with Gasteiger partial charge in [-0.1, -0.05) is 0 Å². The van der Waals surface area contributed by atoms with E-state index in [1.165, 1.54) is 5.28 Å². The van der Waals surface area contributed by atoms with Crippen LogP contribution in [0.1, 0.15) is 6.92 Å². The van der Waals surface area contributed by atoms with E-state index in [0.717, 1.165) is 15.2 Å². The Hall–Kier alpha value is 0.822. The van der Waals surface area contributed by atoms with E-state index in [0.29, 0.717) is 0 Å². The fourth-order valence-electron chi connectivity index (χ4n) is 0. The van der Waals surface area contributed by atoms with Gasteiger partial charge < -0.3 is 12.4 Å². The summed E-state index contributed by atoms with van der Waals surface area (Å²) in [6.45, 7) is 2.22. The predicted octanol–water partition coefficient (Wildman–Crippen LogP) is -1.82. The second kappa shape index (κ2) is 8.85. The Labute approximate surface area is 46.1 Å². The minimum Gasteiger partial charge on any atom is -1.00 e. The Morgan fingerprint density at radius 1 is 1.60 bits per heavy atom. The largest absolute Gasteiger partial charge is 1.00 e. The Morgan fingerprint density at radius 3 is 1.80 bits per heavy atom. The van der Waals surface area contributed by atoms with Crippen molar-refractivity contribution in [1.29, 1.82) is 0 Å². The second-order valence-electron chi connectivity index (χ2n) is 0.816. The maximum Gasteiger partial charge on any atom is -1.00 e. The van der Waals surface area contributed by atoms with E-state index in [9.17, 15) is 0 Å². The monoisotopic (exact) mass is 106 g/mol. The van der Waals surface area contributed by atoms with Gasteiger partial charge >= 0.3 is 33.2 Å². The number of rotatable bonds is 1. The zero-order valence-electron chi connectivity index (χ0n) is 3.66. The van der Waals surface area contributed by atoms with E-state index < -0.39 is 0 Å². The molecule has 0 bridgehead atoms. The van der Waals surface area contributed by atoms with Crippen molar-refractivity contribution in [2.75, 3.05) is 0 Å². The van der Waals surface area contributed by atoms with E-state index in [4.69, 9.17) is 0 Å². The summed E-state index contributed by atoms with van der Waals surface area (Å²) in [5.74, 6) is 2.26. The molecule has 5 heavy (non-hydrogen) atoms. The van der Waals surface area contributed by atoms with Crippen molar-refractivity contribution < 1.29 is 12.4 Å². The molecule has 0 saturated carbocycles. The average Bonchev–Trinajstić information content (AvgIpc) is 1.37. The maximum atomic E-state index is 2.26. The molecule has 30 valence electrons. The summed E-state index contributed by atoms with van der Waals surface area (Å²) in [5.41, 5.74) is 0. The van der Waals surface area contributed by atoms with Gasteiger partial charge in [0.1, 0.15) is 0 Å². The summed E-state index contributed by atoms with van der Waals surface area (Å²) in [6, 6.07) is 0. The SMILES string of the molecule is C[CH2][Al+][CH3].[Cl-]. The molecule has 0 aromatic carbocycles. The molecule has 0 aliphatic heterocycles. The summed E-state index contributed by atoms with van der Waals surface area (Å²) >= 11 is 0.782. The smallest absolute Gasteiger partial charge is 1.00 e. The molecule has 2 heteroatoms. The van der Waals surface area contributed by atoms with Crippen molar-refractivity contribution in [3.8, 4) is 0 Å². The Kier molecular flexibility index (Phi) is 16.4. The standard InChI is InChI=1S/C2H5.CH3.Al.ClH/c1-2;;;/h1H2,2H3;1H3;;1H/q;;+1;/p-1. The molecular formula is C3H8AlCl. The quantitative estimate of drug-likeness (QED) is 0.346. The molecule has 0 saturated heterocycles. The molecule has 0 aliphatic rings. The molecule has 0 aromatic rings. The second-order valence-corrected chi connectivity index (χ2v) is 2.45. The molecule has 0 fully saturated rings. The van der Waals surface area contributed by atoms with Crippen molar-refractivity contribution in [3.63, 3.8) is 0 Å². The molecule has 0 nitrogen and oxygen atoms in total. The van der Waals surface area contributed by atoms with Crippen molar-refractivity contribution in [2.45, 2.75) is 18.0 Å². The minimum absolute atomic E-state index is 0. The summed E-state index contributed by atoms with van der Waals surface area (Å²) in [7, 11) is 0. The van der Waals surface area contributed by atoms with E-state index in [1.54, 1.807) is 0 Å². The first-order chi connectivity index (χ1) is 1.91. The first-order valence-electron chi connectivity index (χ1n) is 1.69. The van der Waals surface area contributed by atoms with Gasteiger partial charge in [-0.15, -0.1) is 0 Å². The molecule has 0 heterocycles. The molecule has 0 atom stereocenters. The first-order valence-corrected chi connectivity index (χ1v) is 3.66. The third-order valence-corrected chi connectivity index (χ3v) is 1.22. The van der Waals surface area contributed by atoms with Crippen LogP contribution >= 0.6 is 0 Å². The van der Waals surface area contributed by atoms with E-state index >= 15 is 0 Å². The van der Waals surface area contributed by atoms with Gasteiger partial charge in [0, 0.05) is 0 Å². The van der Waals surface area contributed by atoms with Gasteiger partial charge in [0.15, 0.2) is 0 Å². The fraction of sp³-hybridized carbons (Fsp3) is 1.00. The molecule has 0 aliphatic carbocycles. The molecule has 0 radical (unpaired) electrons. The zero-order chi connectivity index (χ0) is 3.41. The van der Waals surface area contributed by atoms with Crippen LogP contribution in [0.15, 0.2) is 0 Å². The Balaban J connectivity index is 0. The van der Waals surface area contributed by atoms with Crippen molar-refractivity contribution >= 4 is 15.2 Å². The minimum atomic E-state index is 0. The van der Waals surface area contributed by atoms with Crippen LogP contribution in [-0.4, -0.2) is 15.2 Å². The van der Waals surface area contributed by atoms with Crippen LogP contribution in [0.5, 0.6) is 0 Å². The predicted molar refractivity (Wildman–Crippen MR) is 22.1 cm³/mol. The summed E-state index contributed by atoms with van der Waals surface area (Å²) < 4.78 is 0. The third-order valence-electron chi connectivity index (χ3n) is 0.408. The van der Waals surface area contributed by atoms with Crippen molar-refractivity contribution in [2.24, 2.45) is 0 Å². The van der Waals surface area contributed by atoms with Crippen LogP contribution in [0.2, 0.25) is 11.1 Å². The molecule has 0 unspecified atom stereocenters. The molecule has 0 rings (SSSR count). The van der Waals surface area contributed by atoms with Gasteiger partial charge in [-0.25, -0.2) is 0 Å². The van der Waals surface area contributed by atoms with Crippen LogP contribution in [0.3, 0.4) is 0 Å². The van der Waals surface area contributed by atoms with Gasteiger partial charge in [-0.3, -0.25) is 0 Å². The molecule has 0 aromatic heterocycles. The molecule has 0 N–H and O–H groups in total. The number of halogens is 1. The summed E-state index contributed by atoms with van der Waals surface area (Å²) in [4.78, 5) is 0. The molecule has 0 amide bonds. The van der Waals surface area contributed by atoms with Gasteiger partial charge in [-0.2, -0.15) is 0 Å². The van der Waals surface area contributed by atoms with E-state index in [-0.39, 0.29) is 12.4 Å². The Morgan fingerprint density at radius 2 is 1.80 bits per heavy atom. The van der Waals surface area contributed by atoms with Crippen LogP contribution in [0, 0.1) is 0 Å². The molecular weight excluding hydrogens is 98.5 g/mol. The van der Waals surface area contributed by atoms with E-state index in [1.807, 2.05) is 0 Å². The third kappa shape index (κ3) is 11.6. The summed E-state index contributed by atoms with van der Waals surface area (Å²) in [5, 5.41) is 1.40. The van der Waals surface area contributed by atoms with Gasteiger partial charge in [0.25, 0.3) is 0 Å². The van der Waals surface area contributed by atoms with Gasteiger partial charge in [0.05, 0.1) is 0 Å². The van der Waals surface area contributed by atoms with Crippen molar-refractivity contribution in [1.82, 2.24) is 0 Å². The van der Waals surface area contributed by atoms with Crippen molar-refractivity contribution in [3.05, 3.63) is 0 Å². The van der Waals surface area contributed by atoms with Crippen LogP contribution in [-0.2, 0) is 0 Å². The molecule has 0 spiro atoms. The normalized spacial score (nSPS) is 4.40. The van der Waals surface area contributed by atoms with Crippen LogP contribution in [0.25, 0.3) is 0 Å². The number of hydrogen-bond donors (Lipinski definition) is 0. The maximum absolute atomic E-state index is 2.26. The summed E-state index contributed by atoms with van der Waals surface area (Å²) in [6.07, 6.45) is 0. The van der Waals surface area contributed by atoms with Gasteiger partial charge in [-0.05, 0) is 0 Å². The average molecular weight is 107 g/mol. The fourth-order valence-corrected chi connectivity index (χ4v) is 0.